The van der Waals surface area contributed by atoms with Crippen LogP contribution in [0.3, 0.4) is 0 Å². The molecule has 1 unspecified atom stereocenters. The lowest BCUT2D eigenvalue weighted by atomic mass is 10.1. The number of hydrogen-bond acceptors (Lipinski definition) is 2. The lowest BCUT2D eigenvalue weighted by molar-refractivity contribution is -0.885. The topological polar surface area (TPSA) is 57.3 Å². The van der Waals surface area contributed by atoms with Gasteiger partial charge in [0.2, 0.25) is 0 Å². The van der Waals surface area contributed by atoms with E-state index in [0.29, 0.717) is 18.7 Å². The molecule has 2 aromatic carbocycles. The minimum atomic E-state index is -0.0226. The zero-order chi connectivity index (χ0) is 16.8. The first-order chi connectivity index (χ1) is 11.0. The van der Waals surface area contributed by atoms with Crippen LogP contribution < -0.4 is 10.2 Å². The van der Waals surface area contributed by atoms with Gasteiger partial charge >= 0.3 is 0 Å². The third-order valence-electron chi connectivity index (χ3n) is 3.97. The maximum Gasteiger partial charge on any atom is 0.279 e. The van der Waals surface area contributed by atoms with Gasteiger partial charge in [-0.1, -0.05) is 30.3 Å². The number of aryl methyl sites for hydroxylation is 1. The zero-order valence-electron chi connectivity index (χ0n) is 13.8. The van der Waals surface area contributed by atoms with Crippen LogP contribution in [-0.4, -0.2) is 19.5 Å². The zero-order valence-corrected chi connectivity index (χ0v) is 13.8. The van der Waals surface area contributed by atoms with E-state index in [9.17, 15) is 4.79 Å². The molecular weight excluding hydrogens is 286 g/mol. The second-order valence-electron chi connectivity index (χ2n) is 5.88. The Morgan fingerprint density at radius 3 is 2.65 bits per heavy atom. The smallest absolute Gasteiger partial charge is 0.279 e. The van der Waals surface area contributed by atoms with Crippen LogP contribution >= 0.6 is 0 Å². The lowest BCUT2D eigenvalue weighted by Gasteiger charge is -2.15. The molecule has 4 heteroatoms. The first-order valence-electron chi connectivity index (χ1n) is 7.66. The fourth-order valence-corrected chi connectivity index (χ4v) is 2.53. The van der Waals surface area contributed by atoms with Gasteiger partial charge in [0.15, 0.2) is 6.54 Å². The second-order valence-corrected chi connectivity index (χ2v) is 5.88. The average molecular weight is 308 g/mol. The molecule has 0 aliphatic rings. The fourth-order valence-electron chi connectivity index (χ4n) is 2.53. The molecule has 0 heterocycles. The summed E-state index contributed by atoms with van der Waals surface area (Å²) in [7, 11) is 1.96. The molecule has 0 aliphatic heterocycles. The fraction of sp³-hybridized carbons (Fsp3) is 0.263. The number of anilines is 1. The van der Waals surface area contributed by atoms with Crippen molar-refractivity contribution in [3.05, 3.63) is 64.7 Å². The van der Waals surface area contributed by atoms with Gasteiger partial charge in [-0.25, -0.2) is 0 Å². The summed E-state index contributed by atoms with van der Waals surface area (Å²) in [6.07, 6.45) is 0. The van der Waals surface area contributed by atoms with Gasteiger partial charge in [-0.15, -0.1) is 0 Å². The van der Waals surface area contributed by atoms with Crippen LogP contribution in [0.1, 0.15) is 22.3 Å². The van der Waals surface area contributed by atoms with Crippen molar-refractivity contribution in [1.29, 1.82) is 5.26 Å². The third-order valence-corrected chi connectivity index (χ3v) is 3.97. The van der Waals surface area contributed by atoms with E-state index in [1.165, 1.54) is 0 Å². The van der Waals surface area contributed by atoms with Crippen LogP contribution in [0.5, 0.6) is 0 Å². The van der Waals surface area contributed by atoms with Gasteiger partial charge in [-0.2, -0.15) is 5.26 Å². The third kappa shape index (κ3) is 4.41. The predicted molar refractivity (Wildman–Crippen MR) is 91.2 cm³/mol. The van der Waals surface area contributed by atoms with Gasteiger partial charge in [0, 0.05) is 11.3 Å². The normalized spacial score (nSPS) is 11.6. The molecule has 2 aromatic rings. The van der Waals surface area contributed by atoms with Crippen LogP contribution in [0.25, 0.3) is 0 Å². The molecular formula is C19H22N3O+. The number of rotatable bonds is 5. The Hall–Kier alpha value is -2.64. The average Bonchev–Trinajstić information content (AvgIpc) is 2.52. The molecule has 2 N–H and O–H groups in total. The molecule has 0 saturated heterocycles. The summed E-state index contributed by atoms with van der Waals surface area (Å²) >= 11 is 0. The van der Waals surface area contributed by atoms with Crippen molar-refractivity contribution in [3.8, 4) is 6.07 Å². The number of nitrogens with one attached hydrogen (secondary N) is 2. The van der Waals surface area contributed by atoms with E-state index in [0.717, 1.165) is 27.3 Å². The van der Waals surface area contributed by atoms with Crippen LogP contribution in [0.4, 0.5) is 5.69 Å². The lowest BCUT2D eigenvalue weighted by Crippen LogP contribution is -3.08. The van der Waals surface area contributed by atoms with Crippen LogP contribution in [0, 0.1) is 25.2 Å². The summed E-state index contributed by atoms with van der Waals surface area (Å²) in [4.78, 5) is 13.3. The number of benzene rings is 2. The van der Waals surface area contributed by atoms with Crippen molar-refractivity contribution in [2.45, 2.75) is 20.4 Å². The molecule has 0 spiro atoms. The molecule has 23 heavy (non-hydrogen) atoms. The quantitative estimate of drug-likeness (QED) is 0.885. The number of nitrogens with zero attached hydrogens (tertiary/aromatic N) is 1. The SMILES string of the molecule is Cc1cccc(NC(=O)C[NH+](C)Cc2ccccc2C#N)c1C. The maximum atomic E-state index is 12.2. The number of amides is 1. The predicted octanol–water partition coefficient (Wildman–Crippen LogP) is 1.83. The molecule has 0 radical (unpaired) electrons. The Labute approximate surface area is 137 Å². The van der Waals surface area contributed by atoms with E-state index in [1.54, 1.807) is 6.07 Å². The summed E-state index contributed by atoms with van der Waals surface area (Å²) in [6, 6.07) is 15.6. The first kappa shape index (κ1) is 16.7. The highest BCUT2D eigenvalue weighted by molar-refractivity contribution is 5.92. The van der Waals surface area contributed by atoms with Gasteiger partial charge in [-0.05, 0) is 37.1 Å². The van der Waals surface area contributed by atoms with E-state index in [2.05, 4.69) is 11.4 Å². The maximum absolute atomic E-state index is 12.2. The summed E-state index contributed by atoms with van der Waals surface area (Å²) in [5.41, 5.74) is 4.74. The summed E-state index contributed by atoms with van der Waals surface area (Å²) in [5, 5.41) is 12.1. The van der Waals surface area contributed by atoms with Gasteiger partial charge < -0.3 is 10.2 Å². The van der Waals surface area contributed by atoms with Crippen molar-refractivity contribution in [1.82, 2.24) is 0 Å². The molecule has 0 aromatic heterocycles. The summed E-state index contributed by atoms with van der Waals surface area (Å²) in [5.74, 6) is -0.0226. The Kier molecular flexibility index (Phi) is 5.51. The largest absolute Gasteiger partial charge is 0.326 e. The Bertz CT molecular complexity index is 747. The van der Waals surface area contributed by atoms with Crippen molar-refractivity contribution in [3.63, 3.8) is 0 Å². The van der Waals surface area contributed by atoms with Crippen LogP contribution in [0.15, 0.2) is 42.5 Å². The van der Waals surface area contributed by atoms with E-state index in [1.807, 2.05) is 57.3 Å². The Morgan fingerprint density at radius 1 is 1.17 bits per heavy atom. The van der Waals surface area contributed by atoms with Crippen molar-refractivity contribution in [2.75, 3.05) is 18.9 Å². The van der Waals surface area contributed by atoms with E-state index in [-0.39, 0.29) is 5.91 Å². The highest BCUT2D eigenvalue weighted by Crippen LogP contribution is 2.17. The van der Waals surface area contributed by atoms with Gasteiger partial charge in [0.25, 0.3) is 5.91 Å². The second kappa shape index (κ2) is 7.57. The number of hydrogen-bond donors (Lipinski definition) is 2. The van der Waals surface area contributed by atoms with E-state index < -0.39 is 0 Å². The van der Waals surface area contributed by atoms with Gasteiger partial charge in [0.1, 0.15) is 6.54 Å². The number of nitriles is 1. The molecule has 0 saturated carbocycles. The molecule has 0 aliphatic carbocycles. The van der Waals surface area contributed by atoms with Crippen molar-refractivity contribution < 1.29 is 9.69 Å². The minimum absolute atomic E-state index is 0.0226. The van der Waals surface area contributed by atoms with Crippen LogP contribution in [-0.2, 0) is 11.3 Å². The number of carbonyl (C=O) groups excluding carboxylic acids is 1. The standard InChI is InChI=1S/C19H21N3O/c1-14-7-6-10-18(15(14)2)21-19(23)13-22(3)12-17-9-5-4-8-16(17)11-20/h4-10H,12-13H2,1-3H3,(H,21,23)/p+1. The highest BCUT2D eigenvalue weighted by atomic mass is 16.2. The molecule has 1 atom stereocenters. The van der Waals surface area contributed by atoms with Gasteiger partial charge in [-0.3, -0.25) is 4.79 Å². The molecule has 118 valence electrons. The van der Waals surface area contributed by atoms with Crippen molar-refractivity contribution >= 4 is 11.6 Å². The number of carbonyl (C=O) groups is 1. The Morgan fingerprint density at radius 2 is 1.91 bits per heavy atom. The van der Waals surface area contributed by atoms with Crippen molar-refractivity contribution in [2.24, 2.45) is 0 Å². The van der Waals surface area contributed by atoms with Crippen LogP contribution in [0.2, 0.25) is 0 Å². The molecule has 1 amide bonds. The number of quaternary nitrogens is 1. The highest BCUT2D eigenvalue weighted by Gasteiger charge is 2.13. The van der Waals surface area contributed by atoms with Gasteiger partial charge in [0.05, 0.1) is 18.7 Å². The minimum Gasteiger partial charge on any atom is -0.326 e. The van der Waals surface area contributed by atoms with E-state index in [4.69, 9.17) is 5.26 Å². The van der Waals surface area contributed by atoms with E-state index >= 15 is 0 Å². The monoisotopic (exact) mass is 308 g/mol. The Balaban J connectivity index is 1.97. The first-order valence-corrected chi connectivity index (χ1v) is 7.66. The summed E-state index contributed by atoms with van der Waals surface area (Å²) in [6.45, 7) is 5.03. The number of likely N-dealkylation sites (N-methyl/N-ethyl adjacent to an activating group) is 1. The molecule has 2 rings (SSSR count). The molecule has 0 fully saturated rings. The molecule has 4 nitrogen and oxygen atoms in total. The summed E-state index contributed by atoms with van der Waals surface area (Å²) < 4.78 is 0. The molecule has 0 bridgehead atoms.